The van der Waals surface area contributed by atoms with Crippen molar-refractivity contribution in [2.45, 2.75) is 44.0 Å². The van der Waals surface area contributed by atoms with E-state index in [0.29, 0.717) is 12.8 Å². The van der Waals surface area contributed by atoms with Crippen LogP contribution < -0.4 is 5.73 Å². The first kappa shape index (κ1) is 12.8. The zero-order chi connectivity index (χ0) is 11.6. The second-order valence-corrected chi connectivity index (χ2v) is 5.61. The van der Waals surface area contributed by atoms with Crippen LogP contribution in [0.5, 0.6) is 0 Å². The highest BCUT2D eigenvalue weighted by Crippen LogP contribution is 2.28. The maximum absolute atomic E-state index is 12.4. The summed E-state index contributed by atoms with van der Waals surface area (Å²) in [6.07, 6.45) is 2.01. The fraction of sp³-hybridized carbons (Fsp3) is 1.00. The first-order valence-corrected chi connectivity index (χ1v) is 6.42. The van der Waals surface area contributed by atoms with Crippen molar-refractivity contribution < 1.29 is 17.2 Å². The molecule has 0 amide bonds. The third-order valence-corrected chi connectivity index (χ3v) is 4.44. The molecule has 0 bridgehead atoms. The monoisotopic (exact) mass is 242 g/mol. The molecule has 0 aromatic rings. The molecule has 1 aliphatic heterocycles. The van der Waals surface area contributed by atoms with Crippen LogP contribution in [0.15, 0.2) is 0 Å². The molecule has 0 spiro atoms. The van der Waals surface area contributed by atoms with Gasteiger partial charge in [0, 0.05) is 18.6 Å². The minimum Gasteiger partial charge on any atom is -0.329 e. The first-order chi connectivity index (χ1) is 6.91. The van der Waals surface area contributed by atoms with Crippen LogP contribution in [0.25, 0.3) is 0 Å². The average molecular weight is 242 g/mol. The van der Waals surface area contributed by atoms with Crippen LogP contribution in [0.4, 0.5) is 8.78 Å². The summed E-state index contributed by atoms with van der Waals surface area (Å²) < 4.78 is 48.5. The van der Waals surface area contributed by atoms with Gasteiger partial charge in [0.05, 0.1) is 0 Å². The van der Waals surface area contributed by atoms with E-state index in [2.05, 4.69) is 0 Å². The molecule has 2 N–H and O–H groups in total. The summed E-state index contributed by atoms with van der Waals surface area (Å²) >= 11 is 0. The molecule has 7 heteroatoms. The molecule has 0 radical (unpaired) electrons. The highest BCUT2D eigenvalue weighted by Gasteiger charge is 2.41. The van der Waals surface area contributed by atoms with E-state index >= 15 is 0 Å². The molecule has 90 valence electrons. The van der Waals surface area contributed by atoms with Crippen LogP contribution in [0.3, 0.4) is 0 Å². The van der Waals surface area contributed by atoms with Crippen molar-refractivity contribution >= 4 is 10.0 Å². The molecule has 1 saturated heterocycles. The lowest BCUT2D eigenvalue weighted by Crippen LogP contribution is -2.53. The third kappa shape index (κ3) is 2.46. The van der Waals surface area contributed by atoms with Gasteiger partial charge in [0.15, 0.2) is 0 Å². The molecule has 1 rings (SSSR count). The Labute approximate surface area is 88.5 Å². The molecule has 1 heterocycles. The Morgan fingerprint density at radius 1 is 1.47 bits per heavy atom. The maximum Gasteiger partial charge on any atom is 0.350 e. The van der Waals surface area contributed by atoms with Gasteiger partial charge < -0.3 is 5.73 Å². The van der Waals surface area contributed by atoms with Gasteiger partial charge in [-0.15, -0.1) is 0 Å². The van der Waals surface area contributed by atoms with Crippen LogP contribution in [0.1, 0.15) is 26.2 Å². The normalized spacial score (nSPS) is 29.7. The van der Waals surface area contributed by atoms with E-state index in [0.717, 1.165) is 10.7 Å². The molecule has 2 atom stereocenters. The Bertz CT molecular complexity index is 308. The third-order valence-electron chi connectivity index (χ3n) is 2.74. The van der Waals surface area contributed by atoms with Crippen LogP contribution >= 0.6 is 0 Å². The number of hydrogen-bond donors (Lipinski definition) is 1. The van der Waals surface area contributed by atoms with Crippen molar-refractivity contribution in [3.05, 3.63) is 0 Å². The Hall–Kier alpha value is -0.270. The summed E-state index contributed by atoms with van der Waals surface area (Å²) in [7, 11) is -4.49. The van der Waals surface area contributed by atoms with Gasteiger partial charge in [0.25, 0.3) is 10.0 Å². The second-order valence-electron chi connectivity index (χ2n) is 3.80. The minimum atomic E-state index is -4.49. The molecule has 2 unspecified atom stereocenters. The molecule has 0 aliphatic carbocycles. The predicted octanol–water partition coefficient (Wildman–Crippen LogP) is 0.741. The lowest BCUT2D eigenvalue weighted by Gasteiger charge is -2.38. The lowest BCUT2D eigenvalue weighted by atomic mass is 10.00. The summed E-state index contributed by atoms with van der Waals surface area (Å²) in [5.41, 5.74) is 5.40. The zero-order valence-electron chi connectivity index (χ0n) is 8.57. The lowest BCUT2D eigenvalue weighted by molar-refractivity contribution is 0.163. The molecular formula is C8H16F2N2O2S. The van der Waals surface area contributed by atoms with Gasteiger partial charge in [0.1, 0.15) is 0 Å². The molecular weight excluding hydrogens is 226 g/mol. The number of alkyl halides is 2. The number of nitrogens with two attached hydrogens (primary N) is 1. The fourth-order valence-corrected chi connectivity index (χ4v) is 3.43. The molecule has 15 heavy (non-hydrogen) atoms. The van der Waals surface area contributed by atoms with E-state index < -0.39 is 21.8 Å². The second kappa shape index (κ2) is 4.71. The standard InChI is InChI=1S/C8H16F2N2O2S/c1-6-3-2-4-7(5-11)12(6)15(13,14)8(9)10/h6-8H,2-5,11H2,1H3. The van der Waals surface area contributed by atoms with Crippen molar-refractivity contribution in [2.24, 2.45) is 5.73 Å². The maximum atomic E-state index is 12.4. The van der Waals surface area contributed by atoms with Crippen molar-refractivity contribution in [1.29, 1.82) is 0 Å². The molecule has 0 aromatic carbocycles. The van der Waals surface area contributed by atoms with E-state index in [9.17, 15) is 17.2 Å². The Morgan fingerprint density at radius 2 is 2.07 bits per heavy atom. The Morgan fingerprint density at radius 3 is 2.53 bits per heavy atom. The van der Waals surface area contributed by atoms with Gasteiger partial charge in [-0.2, -0.15) is 13.1 Å². The topological polar surface area (TPSA) is 63.4 Å². The summed E-state index contributed by atoms with van der Waals surface area (Å²) in [5.74, 6) is -3.35. The summed E-state index contributed by atoms with van der Waals surface area (Å²) in [6.45, 7) is 1.73. The van der Waals surface area contributed by atoms with Crippen LogP contribution in [0.2, 0.25) is 0 Å². The van der Waals surface area contributed by atoms with Crippen molar-refractivity contribution in [3.8, 4) is 0 Å². The van der Waals surface area contributed by atoms with E-state index in [4.69, 9.17) is 5.73 Å². The van der Waals surface area contributed by atoms with Crippen LogP contribution in [-0.4, -0.2) is 37.1 Å². The largest absolute Gasteiger partial charge is 0.350 e. The summed E-state index contributed by atoms with van der Waals surface area (Å²) in [4.78, 5) is 0. The van der Waals surface area contributed by atoms with Gasteiger partial charge in [0.2, 0.25) is 0 Å². The van der Waals surface area contributed by atoms with Crippen LogP contribution in [0, 0.1) is 0 Å². The molecule has 1 aliphatic rings. The van der Waals surface area contributed by atoms with E-state index in [1.165, 1.54) is 0 Å². The number of halogens is 2. The minimum absolute atomic E-state index is 0.0935. The molecule has 1 fully saturated rings. The average Bonchev–Trinajstić information content (AvgIpc) is 2.16. The Kier molecular flexibility index (Phi) is 4.02. The van der Waals surface area contributed by atoms with E-state index in [1.54, 1.807) is 6.92 Å². The van der Waals surface area contributed by atoms with Crippen LogP contribution in [-0.2, 0) is 10.0 Å². The Balaban J connectivity index is 2.97. The van der Waals surface area contributed by atoms with E-state index in [1.807, 2.05) is 0 Å². The number of nitrogens with zero attached hydrogens (tertiary/aromatic N) is 1. The van der Waals surface area contributed by atoms with Gasteiger partial charge in [-0.25, -0.2) is 8.42 Å². The van der Waals surface area contributed by atoms with Gasteiger partial charge in [-0.3, -0.25) is 0 Å². The first-order valence-electron chi connectivity index (χ1n) is 4.91. The zero-order valence-corrected chi connectivity index (χ0v) is 9.38. The van der Waals surface area contributed by atoms with E-state index in [-0.39, 0.29) is 12.6 Å². The summed E-state index contributed by atoms with van der Waals surface area (Å²) in [5, 5.41) is 0. The smallest absolute Gasteiger partial charge is 0.329 e. The quantitative estimate of drug-likeness (QED) is 0.794. The van der Waals surface area contributed by atoms with Gasteiger partial charge >= 0.3 is 5.76 Å². The number of hydrogen-bond acceptors (Lipinski definition) is 3. The molecule has 0 saturated carbocycles. The predicted molar refractivity (Wildman–Crippen MR) is 52.9 cm³/mol. The molecule has 4 nitrogen and oxygen atoms in total. The highest BCUT2D eigenvalue weighted by molar-refractivity contribution is 7.89. The fourth-order valence-electron chi connectivity index (χ4n) is 2.04. The van der Waals surface area contributed by atoms with Gasteiger partial charge in [-0.05, 0) is 19.8 Å². The SMILES string of the molecule is CC1CCCC(CN)N1S(=O)(=O)C(F)F. The molecule has 0 aromatic heterocycles. The van der Waals surface area contributed by atoms with Gasteiger partial charge in [-0.1, -0.05) is 6.42 Å². The van der Waals surface area contributed by atoms with Crippen molar-refractivity contribution in [2.75, 3.05) is 6.54 Å². The summed E-state index contributed by atoms with van der Waals surface area (Å²) in [6, 6.07) is -0.862. The number of piperidine rings is 1. The highest BCUT2D eigenvalue weighted by atomic mass is 32.2. The number of sulfonamides is 1. The van der Waals surface area contributed by atoms with Crippen molar-refractivity contribution in [1.82, 2.24) is 4.31 Å². The number of rotatable bonds is 3. The van der Waals surface area contributed by atoms with Crippen molar-refractivity contribution in [3.63, 3.8) is 0 Å².